The standard InChI is InChI=1S/C15H20O3/c1-10(2)13(15(16)17)5-3-11-4-6-14-12(9-11)7-8-18-14/h4,6,9-10,13H,3,5,7-8H2,1-2H3,(H,16,17). The molecule has 0 amide bonds. The van der Waals surface area contributed by atoms with Crippen LogP contribution >= 0.6 is 0 Å². The average Bonchev–Trinajstić information content (AvgIpc) is 2.75. The third kappa shape index (κ3) is 2.84. The summed E-state index contributed by atoms with van der Waals surface area (Å²) in [5, 5.41) is 9.16. The van der Waals surface area contributed by atoms with Crippen LogP contribution in [0.4, 0.5) is 0 Å². The van der Waals surface area contributed by atoms with E-state index >= 15 is 0 Å². The van der Waals surface area contributed by atoms with Gasteiger partial charge in [0.05, 0.1) is 12.5 Å². The summed E-state index contributed by atoms with van der Waals surface area (Å²) >= 11 is 0. The quantitative estimate of drug-likeness (QED) is 0.871. The molecular formula is C15H20O3. The van der Waals surface area contributed by atoms with Gasteiger partial charge in [0, 0.05) is 6.42 Å². The van der Waals surface area contributed by atoms with Crippen molar-refractivity contribution in [1.29, 1.82) is 0 Å². The summed E-state index contributed by atoms with van der Waals surface area (Å²) in [6.07, 6.45) is 2.49. The number of carboxylic acids is 1. The second-order valence-corrected chi connectivity index (χ2v) is 5.27. The molecule has 1 aromatic rings. The fourth-order valence-corrected chi connectivity index (χ4v) is 2.46. The number of carbonyl (C=O) groups is 1. The van der Waals surface area contributed by atoms with Gasteiger partial charge in [0.2, 0.25) is 0 Å². The highest BCUT2D eigenvalue weighted by atomic mass is 16.5. The van der Waals surface area contributed by atoms with Gasteiger partial charge in [-0.3, -0.25) is 4.79 Å². The summed E-state index contributed by atoms with van der Waals surface area (Å²) in [5.41, 5.74) is 2.47. The first-order valence-corrected chi connectivity index (χ1v) is 6.55. The Morgan fingerprint density at radius 1 is 1.44 bits per heavy atom. The van der Waals surface area contributed by atoms with E-state index in [0.717, 1.165) is 25.2 Å². The molecule has 0 fully saturated rings. The lowest BCUT2D eigenvalue weighted by atomic mass is 9.89. The number of carboxylic acid groups (broad SMARTS) is 1. The maximum absolute atomic E-state index is 11.1. The van der Waals surface area contributed by atoms with Gasteiger partial charge in [-0.15, -0.1) is 0 Å². The fraction of sp³-hybridized carbons (Fsp3) is 0.533. The number of hydrogen-bond acceptors (Lipinski definition) is 2. The van der Waals surface area contributed by atoms with Crippen LogP contribution in [0.15, 0.2) is 18.2 Å². The number of aryl methyl sites for hydroxylation is 1. The molecule has 1 atom stereocenters. The summed E-state index contributed by atoms with van der Waals surface area (Å²) < 4.78 is 5.46. The monoisotopic (exact) mass is 248 g/mol. The normalized spacial score (nSPS) is 15.3. The molecule has 1 aromatic carbocycles. The van der Waals surface area contributed by atoms with Crippen LogP contribution in [0.5, 0.6) is 5.75 Å². The maximum atomic E-state index is 11.1. The Morgan fingerprint density at radius 2 is 2.22 bits per heavy atom. The Balaban J connectivity index is 1.99. The Hall–Kier alpha value is -1.51. The minimum absolute atomic E-state index is 0.181. The lowest BCUT2D eigenvalue weighted by Crippen LogP contribution is -2.20. The van der Waals surface area contributed by atoms with Crippen molar-refractivity contribution in [2.75, 3.05) is 6.61 Å². The summed E-state index contributed by atoms with van der Waals surface area (Å²) in [6.45, 7) is 4.70. The zero-order chi connectivity index (χ0) is 13.1. The number of benzene rings is 1. The van der Waals surface area contributed by atoms with E-state index in [1.807, 2.05) is 26.0 Å². The van der Waals surface area contributed by atoms with Gasteiger partial charge in [-0.2, -0.15) is 0 Å². The van der Waals surface area contributed by atoms with E-state index in [1.54, 1.807) is 0 Å². The molecule has 0 radical (unpaired) electrons. The van der Waals surface area contributed by atoms with E-state index in [-0.39, 0.29) is 11.8 Å². The smallest absolute Gasteiger partial charge is 0.306 e. The largest absolute Gasteiger partial charge is 0.493 e. The van der Waals surface area contributed by atoms with E-state index in [2.05, 4.69) is 6.07 Å². The van der Waals surface area contributed by atoms with Gasteiger partial charge in [0.25, 0.3) is 0 Å². The van der Waals surface area contributed by atoms with Gasteiger partial charge < -0.3 is 9.84 Å². The number of aliphatic carboxylic acids is 1. The molecule has 0 saturated heterocycles. The molecule has 2 rings (SSSR count). The molecule has 0 bridgehead atoms. The van der Waals surface area contributed by atoms with E-state index in [9.17, 15) is 4.79 Å². The number of fused-ring (bicyclic) bond motifs is 1. The van der Waals surface area contributed by atoms with Crippen LogP contribution in [-0.2, 0) is 17.6 Å². The molecule has 18 heavy (non-hydrogen) atoms. The van der Waals surface area contributed by atoms with Crippen LogP contribution in [0, 0.1) is 11.8 Å². The van der Waals surface area contributed by atoms with Gasteiger partial charge >= 0.3 is 5.97 Å². The third-order valence-electron chi connectivity index (χ3n) is 3.62. The molecule has 3 nitrogen and oxygen atoms in total. The van der Waals surface area contributed by atoms with E-state index in [0.29, 0.717) is 6.42 Å². The first-order chi connectivity index (χ1) is 8.58. The summed E-state index contributed by atoms with van der Waals surface area (Å²) in [4.78, 5) is 11.1. The van der Waals surface area contributed by atoms with E-state index in [4.69, 9.17) is 9.84 Å². The molecule has 1 aliphatic rings. The SMILES string of the molecule is CC(C)C(CCc1ccc2c(c1)CCO2)C(=O)O. The fourth-order valence-electron chi connectivity index (χ4n) is 2.46. The van der Waals surface area contributed by atoms with Crippen molar-refractivity contribution in [3.63, 3.8) is 0 Å². The van der Waals surface area contributed by atoms with Gasteiger partial charge in [-0.1, -0.05) is 26.0 Å². The Kier molecular flexibility index (Phi) is 3.90. The lowest BCUT2D eigenvalue weighted by Gasteiger charge is -2.16. The van der Waals surface area contributed by atoms with Gasteiger partial charge in [-0.25, -0.2) is 0 Å². The van der Waals surface area contributed by atoms with Crippen LogP contribution < -0.4 is 4.74 Å². The van der Waals surface area contributed by atoms with Crippen molar-refractivity contribution >= 4 is 5.97 Å². The summed E-state index contributed by atoms with van der Waals surface area (Å²) in [6, 6.07) is 6.20. The van der Waals surface area contributed by atoms with Crippen LogP contribution in [-0.4, -0.2) is 17.7 Å². The minimum atomic E-state index is -0.686. The molecule has 1 aliphatic heterocycles. The van der Waals surface area contributed by atoms with Gasteiger partial charge in [0.15, 0.2) is 0 Å². The molecule has 3 heteroatoms. The first kappa shape index (κ1) is 12.9. The highest BCUT2D eigenvalue weighted by molar-refractivity contribution is 5.70. The Labute approximate surface area is 108 Å². The average molecular weight is 248 g/mol. The molecule has 1 heterocycles. The first-order valence-electron chi connectivity index (χ1n) is 6.55. The molecule has 0 saturated carbocycles. The predicted octanol–water partition coefficient (Wildman–Crippen LogP) is 2.91. The highest BCUT2D eigenvalue weighted by Gasteiger charge is 2.21. The molecule has 0 spiro atoms. The highest BCUT2D eigenvalue weighted by Crippen LogP contribution is 2.27. The lowest BCUT2D eigenvalue weighted by molar-refractivity contribution is -0.143. The Morgan fingerprint density at radius 3 is 2.89 bits per heavy atom. The van der Waals surface area contributed by atoms with E-state index in [1.165, 1.54) is 11.1 Å². The van der Waals surface area contributed by atoms with Crippen LogP contribution in [0.3, 0.4) is 0 Å². The molecule has 1 unspecified atom stereocenters. The van der Waals surface area contributed by atoms with Crippen molar-refractivity contribution in [2.45, 2.75) is 33.1 Å². The van der Waals surface area contributed by atoms with Crippen molar-refractivity contribution in [3.8, 4) is 5.75 Å². The molecule has 0 aromatic heterocycles. The van der Waals surface area contributed by atoms with Crippen LogP contribution in [0.1, 0.15) is 31.4 Å². The van der Waals surface area contributed by atoms with Crippen LogP contribution in [0.25, 0.3) is 0 Å². The maximum Gasteiger partial charge on any atom is 0.306 e. The third-order valence-corrected chi connectivity index (χ3v) is 3.62. The van der Waals surface area contributed by atoms with Gasteiger partial charge in [-0.05, 0) is 36.0 Å². The van der Waals surface area contributed by atoms with Gasteiger partial charge in [0.1, 0.15) is 5.75 Å². The van der Waals surface area contributed by atoms with Crippen molar-refractivity contribution in [2.24, 2.45) is 11.8 Å². The second-order valence-electron chi connectivity index (χ2n) is 5.27. The zero-order valence-electron chi connectivity index (χ0n) is 11.0. The molecule has 1 N–H and O–H groups in total. The molecule has 0 aliphatic carbocycles. The van der Waals surface area contributed by atoms with Crippen molar-refractivity contribution < 1.29 is 14.6 Å². The number of rotatable bonds is 5. The van der Waals surface area contributed by atoms with Crippen LogP contribution in [0.2, 0.25) is 0 Å². The summed E-state index contributed by atoms with van der Waals surface area (Å²) in [5.74, 6) is 0.224. The topological polar surface area (TPSA) is 46.5 Å². The van der Waals surface area contributed by atoms with Crippen molar-refractivity contribution in [3.05, 3.63) is 29.3 Å². The Bertz CT molecular complexity index is 437. The van der Waals surface area contributed by atoms with Crippen molar-refractivity contribution in [1.82, 2.24) is 0 Å². The predicted molar refractivity (Wildman–Crippen MR) is 69.9 cm³/mol. The minimum Gasteiger partial charge on any atom is -0.493 e. The zero-order valence-corrected chi connectivity index (χ0v) is 11.0. The van der Waals surface area contributed by atoms with E-state index < -0.39 is 5.97 Å². The number of ether oxygens (including phenoxy) is 1. The number of hydrogen-bond donors (Lipinski definition) is 1. The molecular weight excluding hydrogens is 228 g/mol. The summed E-state index contributed by atoms with van der Waals surface area (Å²) in [7, 11) is 0. The molecule has 98 valence electrons. The second kappa shape index (κ2) is 5.42.